The first-order valence-electron chi connectivity index (χ1n) is 8.29. The van der Waals surface area contributed by atoms with Crippen molar-refractivity contribution in [1.29, 1.82) is 0 Å². The summed E-state index contributed by atoms with van der Waals surface area (Å²) in [7, 11) is 4.50. The van der Waals surface area contributed by atoms with Crippen molar-refractivity contribution in [2.75, 3.05) is 26.6 Å². The molecule has 27 heavy (non-hydrogen) atoms. The van der Waals surface area contributed by atoms with Crippen molar-refractivity contribution in [2.24, 2.45) is 5.92 Å². The van der Waals surface area contributed by atoms with Gasteiger partial charge in [0.15, 0.2) is 17.3 Å². The monoisotopic (exact) mass is 391 g/mol. The van der Waals surface area contributed by atoms with Gasteiger partial charge in [0.25, 0.3) is 5.91 Å². The number of methoxy groups -OCH3 is 3. The maximum absolute atomic E-state index is 12.7. The highest BCUT2D eigenvalue weighted by molar-refractivity contribution is 7.20. The smallest absolute Gasteiger partial charge is 0.257 e. The summed E-state index contributed by atoms with van der Waals surface area (Å²) in [5.74, 6) is 2.08. The summed E-state index contributed by atoms with van der Waals surface area (Å²) in [5.41, 5.74) is 0.359. The highest BCUT2D eigenvalue weighted by atomic mass is 32.1. The van der Waals surface area contributed by atoms with Crippen molar-refractivity contribution in [3.8, 4) is 17.2 Å². The van der Waals surface area contributed by atoms with Gasteiger partial charge in [-0.05, 0) is 18.1 Å². The molecule has 0 aliphatic heterocycles. The summed E-state index contributed by atoms with van der Waals surface area (Å²) >= 11 is 1.25. The maximum Gasteiger partial charge on any atom is 0.257 e. The van der Waals surface area contributed by atoms with Gasteiger partial charge in [0.1, 0.15) is 0 Å². The molecule has 144 valence electrons. The molecule has 0 radical (unpaired) electrons. The lowest BCUT2D eigenvalue weighted by Gasteiger charge is -2.13. The number of carbonyl (C=O) groups is 1. The van der Waals surface area contributed by atoms with Crippen LogP contribution in [-0.4, -0.2) is 47.0 Å². The van der Waals surface area contributed by atoms with Crippen LogP contribution < -0.4 is 19.5 Å². The molecule has 0 atom stereocenters. The average Bonchev–Trinajstić information content (AvgIpc) is 3.21. The maximum atomic E-state index is 12.7. The Morgan fingerprint density at radius 2 is 1.81 bits per heavy atom. The number of aromatic nitrogens is 4. The highest BCUT2D eigenvalue weighted by Crippen LogP contribution is 2.38. The standard InChI is InChI=1S/C17H21N5O4S/c1-9(2)6-13-19-20-17-22(13)21-16(27-17)18-15(23)10-7-11(24-3)14(26-5)12(8-10)25-4/h7-9H,6H2,1-5H3,(H,18,21,23). The van der Waals surface area contributed by atoms with Gasteiger partial charge in [0.05, 0.1) is 21.3 Å². The number of benzene rings is 1. The third-order valence-corrected chi connectivity index (χ3v) is 4.61. The van der Waals surface area contributed by atoms with E-state index in [2.05, 4.69) is 34.5 Å². The minimum Gasteiger partial charge on any atom is -0.493 e. The quantitative estimate of drug-likeness (QED) is 0.661. The minimum atomic E-state index is -0.343. The molecule has 0 saturated carbocycles. The fourth-order valence-electron chi connectivity index (χ4n) is 2.58. The molecular formula is C17H21N5O4S. The lowest BCUT2D eigenvalue weighted by molar-refractivity contribution is 0.102. The molecule has 1 amide bonds. The third-order valence-electron chi connectivity index (χ3n) is 3.79. The molecule has 2 aromatic heterocycles. The first-order valence-corrected chi connectivity index (χ1v) is 9.11. The number of ether oxygens (including phenoxy) is 3. The molecule has 9 nitrogen and oxygen atoms in total. The molecule has 0 fully saturated rings. The van der Waals surface area contributed by atoms with E-state index in [4.69, 9.17) is 14.2 Å². The van der Waals surface area contributed by atoms with E-state index < -0.39 is 0 Å². The van der Waals surface area contributed by atoms with Gasteiger partial charge in [0, 0.05) is 12.0 Å². The summed E-state index contributed by atoms with van der Waals surface area (Å²) in [6, 6.07) is 3.17. The predicted molar refractivity (Wildman–Crippen MR) is 101 cm³/mol. The Bertz CT molecular complexity index is 941. The first kappa shape index (κ1) is 18.9. The number of hydrogen-bond acceptors (Lipinski definition) is 8. The van der Waals surface area contributed by atoms with Crippen LogP contribution in [0, 0.1) is 5.92 Å². The molecule has 0 aliphatic carbocycles. The minimum absolute atomic E-state index is 0.343. The van der Waals surface area contributed by atoms with Gasteiger partial charge in [-0.3, -0.25) is 10.1 Å². The summed E-state index contributed by atoms with van der Waals surface area (Å²) in [4.78, 5) is 13.3. The number of amides is 1. The summed E-state index contributed by atoms with van der Waals surface area (Å²) < 4.78 is 17.5. The van der Waals surface area contributed by atoms with Crippen molar-refractivity contribution in [3.05, 3.63) is 23.5 Å². The van der Waals surface area contributed by atoms with Crippen LogP contribution in [0.1, 0.15) is 30.0 Å². The van der Waals surface area contributed by atoms with Gasteiger partial charge in [0.2, 0.25) is 15.8 Å². The van der Waals surface area contributed by atoms with Gasteiger partial charge < -0.3 is 14.2 Å². The predicted octanol–water partition coefficient (Wildman–Crippen LogP) is 2.66. The number of nitrogens with zero attached hydrogens (tertiary/aromatic N) is 4. The number of hydrogen-bond donors (Lipinski definition) is 1. The summed E-state index contributed by atoms with van der Waals surface area (Å²) in [5, 5.41) is 15.9. The van der Waals surface area contributed by atoms with Crippen LogP contribution >= 0.6 is 11.3 Å². The van der Waals surface area contributed by atoms with Crippen LogP contribution in [0.5, 0.6) is 17.2 Å². The Labute approximate surface area is 160 Å². The normalized spacial score (nSPS) is 11.0. The van der Waals surface area contributed by atoms with Gasteiger partial charge in [-0.15, -0.1) is 15.3 Å². The van der Waals surface area contributed by atoms with Crippen molar-refractivity contribution < 1.29 is 19.0 Å². The highest BCUT2D eigenvalue weighted by Gasteiger charge is 2.19. The number of carbonyl (C=O) groups excluding carboxylic acids is 1. The Morgan fingerprint density at radius 3 is 2.37 bits per heavy atom. The largest absolute Gasteiger partial charge is 0.493 e. The second-order valence-electron chi connectivity index (χ2n) is 6.18. The number of fused-ring (bicyclic) bond motifs is 1. The molecule has 2 heterocycles. The van der Waals surface area contributed by atoms with Crippen molar-refractivity contribution >= 4 is 27.3 Å². The fourth-order valence-corrected chi connectivity index (χ4v) is 3.34. The second-order valence-corrected chi connectivity index (χ2v) is 7.14. The van der Waals surface area contributed by atoms with E-state index in [9.17, 15) is 4.79 Å². The van der Waals surface area contributed by atoms with Gasteiger partial charge in [-0.25, -0.2) is 0 Å². The van der Waals surface area contributed by atoms with Crippen LogP contribution in [0.3, 0.4) is 0 Å². The first-order chi connectivity index (χ1) is 13.0. The Kier molecular flexibility index (Phi) is 5.45. The lowest BCUT2D eigenvalue weighted by Crippen LogP contribution is -2.13. The summed E-state index contributed by atoms with van der Waals surface area (Å²) in [6.07, 6.45) is 0.755. The second kappa shape index (κ2) is 7.78. The fraction of sp³-hybridized carbons (Fsp3) is 0.412. The molecular weight excluding hydrogens is 370 g/mol. The van der Waals surface area contributed by atoms with Gasteiger partial charge in [-0.2, -0.15) is 4.52 Å². The van der Waals surface area contributed by atoms with E-state index in [0.717, 1.165) is 12.2 Å². The van der Waals surface area contributed by atoms with Crippen molar-refractivity contribution in [2.45, 2.75) is 20.3 Å². The number of rotatable bonds is 7. The number of anilines is 1. The average molecular weight is 391 g/mol. The zero-order chi connectivity index (χ0) is 19.6. The molecule has 0 bridgehead atoms. The van der Waals surface area contributed by atoms with Crippen LogP contribution in [-0.2, 0) is 6.42 Å². The molecule has 1 aromatic carbocycles. The van der Waals surface area contributed by atoms with Crippen molar-refractivity contribution in [1.82, 2.24) is 19.8 Å². The molecule has 0 saturated heterocycles. The van der Waals surface area contributed by atoms with Crippen LogP contribution in [0.15, 0.2) is 12.1 Å². The van der Waals surface area contributed by atoms with Gasteiger partial charge in [-0.1, -0.05) is 25.2 Å². The van der Waals surface area contributed by atoms with E-state index in [-0.39, 0.29) is 5.91 Å². The molecule has 3 aromatic rings. The molecule has 1 N–H and O–H groups in total. The molecule has 0 aliphatic rings. The third kappa shape index (κ3) is 3.80. The topological polar surface area (TPSA) is 99.9 Å². The van der Waals surface area contributed by atoms with E-state index in [0.29, 0.717) is 38.8 Å². The van der Waals surface area contributed by atoms with Crippen molar-refractivity contribution in [3.63, 3.8) is 0 Å². The van der Waals surface area contributed by atoms with E-state index in [1.807, 2.05) is 0 Å². The molecule has 3 rings (SSSR count). The van der Waals surface area contributed by atoms with E-state index >= 15 is 0 Å². The van der Waals surface area contributed by atoms with E-state index in [1.54, 1.807) is 16.6 Å². The zero-order valence-electron chi connectivity index (χ0n) is 15.8. The Morgan fingerprint density at radius 1 is 1.15 bits per heavy atom. The molecule has 10 heteroatoms. The summed E-state index contributed by atoms with van der Waals surface area (Å²) in [6.45, 7) is 4.20. The van der Waals surface area contributed by atoms with Crippen LogP contribution in [0.25, 0.3) is 4.96 Å². The molecule has 0 spiro atoms. The van der Waals surface area contributed by atoms with Gasteiger partial charge >= 0.3 is 0 Å². The SMILES string of the molecule is COc1cc(C(=O)Nc2nn3c(CC(C)C)nnc3s2)cc(OC)c1OC. The van der Waals surface area contributed by atoms with Crippen LogP contribution in [0.4, 0.5) is 5.13 Å². The van der Waals surface area contributed by atoms with Crippen LogP contribution in [0.2, 0.25) is 0 Å². The Balaban J connectivity index is 1.87. The lowest BCUT2D eigenvalue weighted by atomic mass is 10.1. The number of nitrogens with one attached hydrogen (secondary N) is 1. The van der Waals surface area contributed by atoms with E-state index in [1.165, 1.54) is 32.7 Å². The zero-order valence-corrected chi connectivity index (χ0v) is 16.6. The Hall–Kier alpha value is -2.88. The molecule has 0 unspecified atom stereocenters.